The molecule has 1 heterocycles. The van der Waals surface area contributed by atoms with Gasteiger partial charge in [0, 0.05) is 25.0 Å². The fourth-order valence-electron chi connectivity index (χ4n) is 2.49. The van der Waals surface area contributed by atoms with Gasteiger partial charge in [-0.2, -0.15) is 5.10 Å². The average Bonchev–Trinajstić information content (AvgIpc) is 2.93. The molecule has 1 atom stereocenters. The van der Waals surface area contributed by atoms with Crippen LogP contribution < -0.4 is 10.6 Å². The zero-order chi connectivity index (χ0) is 13.5. The summed E-state index contributed by atoms with van der Waals surface area (Å²) in [6.45, 7) is 3.45. The largest absolute Gasteiger partial charge is 0.352 e. The first kappa shape index (κ1) is 14.1. The lowest BCUT2D eigenvalue weighted by molar-refractivity contribution is -0.123. The van der Waals surface area contributed by atoms with E-state index >= 15 is 0 Å². The second kappa shape index (κ2) is 7.28. The first-order chi connectivity index (χ1) is 9.25. The third-order valence-electron chi connectivity index (χ3n) is 3.70. The van der Waals surface area contributed by atoms with Crippen LogP contribution in [0.5, 0.6) is 0 Å². The van der Waals surface area contributed by atoms with Crippen molar-refractivity contribution in [3.05, 3.63) is 18.5 Å². The Labute approximate surface area is 114 Å². The van der Waals surface area contributed by atoms with E-state index < -0.39 is 0 Å². The lowest BCUT2D eigenvalue weighted by Gasteiger charge is -2.24. The van der Waals surface area contributed by atoms with E-state index in [1.54, 1.807) is 6.20 Å². The number of rotatable bonds is 6. The molecule has 1 aliphatic carbocycles. The molecule has 5 heteroatoms. The molecule has 19 heavy (non-hydrogen) atoms. The highest BCUT2D eigenvalue weighted by molar-refractivity contribution is 5.81. The van der Waals surface area contributed by atoms with E-state index in [2.05, 4.69) is 15.7 Å². The molecule has 1 aromatic heterocycles. The summed E-state index contributed by atoms with van der Waals surface area (Å²) in [5.41, 5.74) is 0. The molecule has 0 aromatic carbocycles. The van der Waals surface area contributed by atoms with Crippen molar-refractivity contribution in [2.75, 3.05) is 6.54 Å². The predicted octanol–water partition coefficient (Wildman–Crippen LogP) is 1.31. The number of carbonyl (C=O) groups is 1. The van der Waals surface area contributed by atoms with Gasteiger partial charge >= 0.3 is 0 Å². The van der Waals surface area contributed by atoms with Gasteiger partial charge in [0.15, 0.2) is 0 Å². The molecule has 1 aliphatic rings. The van der Waals surface area contributed by atoms with Crippen molar-refractivity contribution in [1.82, 2.24) is 20.4 Å². The van der Waals surface area contributed by atoms with Crippen molar-refractivity contribution < 1.29 is 4.79 Å². The first-order valence-corrected chi connectivity index (χ1v) is 7.27. The van der Waals surface area contributed by atoms with Gasteiger partial charge in [-0.05, 0) is 25.8 Å². The molecule has 2 N–H and O–H groups in total. The standard InChI is InChI=1S/C14H24N4O/c1-12(15-9-11-18-10-5-8-16-18)14(19)17-13-6-3-2-4-7-13/h5,8,10,12-13,15H,2-4,6-7,9,11H2,1H3,(H,17,19). The van der Waals surface area contributed by atoms with Crippen LogP contribution in [-0.2, 0) is 11.3 Å². The maximum Gasteiger partial charge on any atom is 0.237 e. The smallest absolute Gasteiger partial charge is 0.237 e. The summed E-state index contributed by atoms with van der Waals surface area (Å²) in [7, 11) is 0. The minimum absolute atomic E-state index is 0.118. The molecule has 1 saturated carbocycles. The molecule has 0 saturated heterocycles. The first-order valence-electron chi connectivity index (χ1n) is 7.27. The van der Waals surface area contributed by atoms with Crippen molar-refractivity contribution in [1.29, 1.82) is 0 Å². The Morgan fingerprint density at radius 3 is 2.89 bits per heavy atom. The van der Waals surface area contributed by atoms with E-state index in [0.717, 1.165) is 25.9 Å². The van der Waals surface area contributed by atoms with Gasteiger partial charge in [-0.25, -0.2) is 0 Å². The number of carbonyl (C=O) groups excluding carboxylic acids is 1. The molecule has 0 aliphatic heterocycles. The molecule has 1 aromatic rings. The Hall–Kier alpha value is -1.36. The van der Waals surface area contributed by atoms with E-state index in [0.29, 0.717) is 6.04 Å². The van der Waals surface area contributed by atoms with Crippen LogP contribution in [0.15, 0.2) is 18.5 Å². The van der Waals surface area contributed by atoms with Crippen LogP contribution in [0.1, 0.15) is 39.0 Å². The number of amides is 1. The zero-order valence-electron chi connectivity index (χ0n) is 11.6. The van der Waals surface area contributed by atoms with E-state index in [4.69, 9.17) is 0 Å². The minimum Gasteiger partial charge on any atom is -0.352 e. The topological polar surface area (TPSA) is 59.0 Å². The van der Waals surface area contributed by atoms with E-state index in [-0.39, 0.29) is 11.9 Å². The summed E-state index contributed by atoms with van der Waals surface area (Å²) in [6, 6.07) is 2.15. The fraction of sp³-hybridized carbons (Fsp3) is 0.714. The Morgan fingerprint density at radius 1 is 1.42 bits per heavy atom. The fourth-order valence-corrected chi connectivity index (χ4v) is 2.49. The molecule has 0 bridgehead atoms. The highest BCUT2D eigenvalue weighted by Crippen LogP contribution is 2.17. The average molecular weight is 264 g/mol. The highest BCUT2D eigenvalue weighted by Gasteiger charge is 2.18. The molecule has 1 fully saturated rings. The molecule has 5 nitrogen and oxygen atoms in total. The van der Waals surface area contributed by atoms with E-state index in [1.165, 1.54) is 19.3 Å². The molecule has 106 valence electrons. The third kappa shape index (κ3) is 4.67. The summed E-state index contributed by atoms with van der Waals surface area (Å²) in [6.07, 6.45) is 9.74. The number of aromatic nitrogens is 2. The van der Waals surface area contributed by atoms with E-state index in [1.807, 2.05) is 23.9 Å². The van der Waals surface area contributed by atoms with Crippen molar-refractivity contribution in [2.45, 2.75) is 57.7 Å². The molecule has 1 unspecified atom stereocenters. The van der Waals surface area contributed by atoms with Crippen LogP contribution in [0.25, 0.3) is 0 Å². The van der Waals surface area contributed by atoms with Crippen LogP contribution in [-0.4, -0.2) is 34.3 Å². The number of nitrogens with zero attached hydrogens (tertiary/aromatic N) is 2. The van der Waals surface area contributed by atoms with Crippen LogP contribution in [0.2, 0.25) is 0 Å². The van der Waals surface area contributed by atoms with Crippen molar-refractivity contribution >= 4 is 5.91 Å². The molecule has 0 spiro atoms. The summed E-state index contributed by atoms with van der Waals surface area (Å²) >= 11 is 0. The predicted molar refractivity (Wildman–Crippen MR) is 74.7 cm³/mol. The Bertz CT molecular complexity index is 371. The minimum atomic E-state index is -0.141. The Balaban J connectivity index is 1.64. The van der Waals surface area contributed by atoms with Gasteiger partial charge in [0.05, 0.1) is 12.6 Å². The lowest BCUT2D eigenvalue weighted by Crippen LogP contribution is -2.47. The normalized spacial score (nSPS) is 18.2. The SMILES string of the molecule is CC(NCCn1cccn1)C(=O)NC1CCCCC1. The van der Waals surface area contributed by atoms with Gasteiger partial charge in [0.2, 0.25) is 5.91 Å². The van der Waals surface area contributed by atoms with Gasteiger partial charge < -0.3 is 10.6 Å². The number of nitrogens with one attached hydrogen (secondary N) is 2. The number of hydrogen-bond acceptors (Lipinski definition) is 3. The van der Waals surface area contributed by atoms with Crippen molar-refractivity contribution in [3.8, 4) is 0 Å². The van der Waals surface area contributed by atoms with Gasteiger partial charge in [0.25, 0.3) is 0 Å². The van der Waals surface area contributed by atoms with Gasteiger partial charge in [0.1, 0.15) is 0 Å². The van der Waals surface area contributed by atoms with Crippen LogP contribution in [0.4, 0.5) is 0 Å². The molecule has 0 radical (unpaired) electrons. The zero-order valence-corrected chi connectivity index (χ0v) is 11.6. The maximum atomic E-state index is 12.0. The lowest BCUT2D eigenvalue weighted by atomic mass is 9.95. The molecule has 1 amide bonds. The van der Waals surface area contributed by atoms with Crippen molar-refractivity contribution in [2.24, 2.45) is 0 Å². The van der Waals surface area contributed by atoms with Gasteiger partial charge in [-0.1, -0.05) is 19.3 Å². The van der Waals surface area contributed by atoms with Crippen LogP contribution in [0, 0.1) is 0 Å². The Kier molecular flexibility index (Phi) is 5.39. The van der Waals surface area contributed by atoms with Gasteiger partial charge in [-0.3, -0.25) is 9.48 Å². The second-order valence-corrected chi connectivity index (χ2v) is 5.29. The maximum absolute atomic E-state index is 12.0. The second-order valence-electron chi connectivity index (χ2n) is 5.29. The van der Waals surface area contributed by atoms with Gasteiger partial charge in [-0.15, -0.1) is 0 Å². The van der Waals surface area contributed by atoms with Crippen molar-refractivity contribution in [3.63, 3.8) is 0 Å². The molecular formula is C14H24N4O. The quantitative estimate of drug-likeness (QED) is 0.814. The number of hydrogen-bond donors (Lipinski definition) is 2. The van der Waals surface area contributed by atoms with Crippen LogP contribution in [0.3, 0.4) is 0 Å². The Morgan fingerprint density at radius 2 is 2.21 bits per heavy atom. The van der Waals surface area contributed by atoms with E-state index in [9.17, 15) is 4.79 Å². The summed E-state index contributed by atoms with van der Waals surface area (Å²) in [5.74, 6) is 0.118. The molecular weight excluding hydrogens is 240 g/mol. The monoisotopic (exact) mass is 264 g/mol. The summed E-state index contributed by atoms with van der Waals surface area (Å²) in [5, 5.41) is 10.5. The van der Waals surface area contributed by atoms with Crippen LogP contribution >= 0.6 is 0 Å². The summed E-state index contributed by atoms with van der Waals surface area (Å²) < 4.78 is 1.86. The molecule has 2 rings (SSSR count). The highest BCUT2D eigenvalue weighted by atomic mass is 16.2. The summed E-state index contributed by atoms with van der Waals surface area (Å²) in [4.78, 5) is 12.0. The third-order valence-corrected chi connectivity index (χ3v) is 3.70.